The maximum atomic E-state index is 9.36. The van der Waals surface area contributed by atoms with Gasteiger partial charge in [-0.15, -0.1) is 0 Å². The molecule has 0 aliphatic heterocycles. The zero-order valence-electron chi connectivity index (χ0n) is 16.2. The Morgan fingerprint density at radius 2 is 1.42 bits per heavy atom. The summed E-state index contributed by atoms with van der Waals surface area (Å²) in [6.07, 6.45) is 20.3. The van der Waals surface area contributed by atoms with E-state index in [0.717, 1.165) is 25.7 Å². The van der Waals surface area contributed by atoms with Gasteiger partial charge in [0, 0.05) is 0 Å². The third kappa shape index (κ3) is 16.5. The van der Waals surface area contributed by atoms with E-state index in [0.29, 0.717) is 0 Å². The molecule has 0 amide bonds. The van der Waals surface area contributed by atoms with Crippen LogP contribution in [0.1, 0.15) is 97.3 Å². The van der Waals surface area contributed by atoms with Gasteiger partial charge in [-0.1, -0.05) is 70.9 Å². The van der Waals surface area contributed by atoms with Crippen LogP contribution in [0.15, 0.2) is 12.2 Å². The molecule has 2 atom stereocenters. The van der Waals surface area contributed by atoms with Crippen molar-refractivity contribution in [2.45, 2.75) is 110 Å². The Hall–Kier alpha value is -0.380. The Labute approximate surface area is 150 Å². The summed E-state index contributed by atoms with van der Waals surface area (Å²) in [4.78, 5) is 0. The highest BCUT2D eigenvalue weighted by molar-refractivity contribution is 4.81. The van der Waals surface area contributed by atoms with E-state index in [9.17, 15) is 5.11 Å². The topological polar surface area (TPSA) is 49.7 Å². The quantitative estimate of drug-likeness (QED) is 0.259. The molecule has 0 fully saturated rings. The minimum Gasteiger partial charge on any atom is -0.394 e. The number of unbranched alkanes of at least 4 members (excludes halogenated alkanes) is 8. The standard InChI is InChI=1S/C21H42O3/c1-3-5-6-7-8-9-10-11-12-13-14-15-17-21(16-4-2)24-19-20(23)18-22/h11-12,20-23H,3-10,13-19H2,1-2H3/b12-11-. The van der Waals surface area contributed by atoms with Crippen LogP contribution in [0.2, 0.25) is 0 Å². The van der Waals surface area contributed by atoms with E-state index in [4.69, 9.17) is 9.84 Å². The molecule has 0 rings (SSSR count). The molecular weight excluding hydrogens is 300 g/mol. The van der Waals surface area contributed by atoms with Crippen molar-refractivity contribution in [2.75, 3.05) is 13.2 Å². The van der Waals surface area contributed by atoms with Crippen LogP contribution in [0.5, 0.6) is 0 Å². The largest absolute Gasteiger partial charge is 0.394 e. The molecule has 3 heteroatoms. The van der Waals surface area contributed by atoms with Crippen molar-refractivity contribution >= 4 is 0 Å². The van der Waals surface area contributed by atoms with Crippen molar-refractivity contribution in [1.29, 1.82) is 0 Å². The summed E-state index contributed by atoms with van der Waals surface area (Å²) in [5.74, 6) is 0. The average Bonchev–Trinajstić information content (AvgIpc) is 2.60. The number of rotatable bonds is 18. The second-order valence-corrected chi connectivity index (χ2v) is 6.89. The van der Waals surface area contributed by atoms with Gasteiger partial charge in [0.1, 0.15) is 6.10 Å². The van der Waals surface area contributed by atoms with Crippen LogP contribution >= 0.6 is 0 Å². The van der Waals surface area contributed by atoms with E-state index in [1.807, 2.05) is 0 Å². The molecule has 2 unspecified atom stereocenters. The summed E-state index contributed by atoms with van der Waals surface area (Å²) < 4.78 is 5.71. The lowest BCUT2D eigenvalue weighted by Crippen LogP contribution is -2.24. The normalized spacial score (nSPS) is 14.3. The van der Waals surface area contributed by atoms with Crippen LogP contribution in [-0.4, -0.2) is 35.6 Å². The van der Waals surface area contributed by atoms with Crippen LogP contribution in [-0.2, 0) is 4.74 Å². The summed E-state index contributed by atoms with van der Waals surface area (Å²) in [5, 5.41) is 18.2. The number of aliphatic hydroxyl groups is 2. The van der Waals surface area contributed by atoms with Gasteiger partial charge in [0.15, 0.2) is 0 Å². The van der Waals surface area contributed by atoms with E-state index >= 15 is 0 Å². The van der Waals surface area contributed by atoms with Crippen LogP contribution in [0.3, 0.4) is 0 Å². The van der Waals surface area contributed by atoms with Crippen molar-refractivity contribution in [3.05, 3.63) is 12.2 Å². The second-order valence-electron chi connectivity index (χ2n) is 6.89. The monoisotopic (exact) mass is 342 g/mol. The van der Waals surface area contributed by atoms with Crippen LogP contribution in [0, 0.1) is 0 Å². The summed E-state index contributed by atoms with van der Waals surface area (Å²) in [6, 6.07) is 0. The Morgan fingerprint density at radius 1 is 0.792 bits per heavy atom. The fourth-order valence-corrected chi connectivity index (χ4v) is 2.85. The molecule has 24 heavy (non-hydrogen) atoms. The first-order chi connectivity index (χ1) is 11.7. The number of ether oxygens (including phenoxy) is 1. The lowest BCUT2D eigenvalue weighted by Gasteiger charge is -2.18. The molecule has 0 aliphatic rings. The van der Waals surface area contributed by atoms with Crippen molar-refractivity contribution in [2.24, 2.45) is 0 Å². The maximum absolute atomic E-state index is 9.36. The van der Waals surface area contributed by atoms with Gasteiger partial charge in [0.2, 0.25) is 0 Å². The van der Waals surface area contributed by atoms with Crippen LogP contribution < -0.4 is 0 Å². The van der Waals surface area contributed by atoms with E-state index in [-0.39, 0.29) is 19.3 Å². The van der Waals surface area contributed by atoms with Gasteiger partial charge in [-0.25, -0.2) is 0 Å². The van der Waals surface area contributed by atoms with Crippen molar-refractivity contribution in [3.8, 4) is 0 Å². The molecule has 0 spiro atoms. The molecule has 0 heterocycles. The first kappa shape index (κ1) is 23.6. The third-order valence-corrected chi connectivity index (χ3v) is 4.38. The van der Waals surface area contributed by atoms with Crippen molar-refractivity contribution in [1.82, 2.24) is 0 Å². The molecule has 0 saturated heterocycles. The molecule has 0 saturated carbocycles. The Kier molecular flexibility index (Phi) is 18.7. The van der Waals surface area contributed by atoms with Crippen LogP contribution in [0.25, 0.3) is 0 Å². The highest BCUT2D eigenvalue weighted by Gasteiger charge is 2.10. The van der Waals surface area contributed by atoms with Gasteiger partial charge in [0.25, 0.3) is 0 Å². The van der Waals surface area contributed by atoms with Gasteiger partial charge in [0.05, 0.1) is 19.3 Å². The molecule has 3 nitrogen and oxygen atoms in total. The molecule has 0 aromatic heterocycles. The van der Waals surface area contributed by atoms with Crippen molar-refractivity contribution < 1.29 is 14.9 Å². The van der Waals surface area contributed by atoms with Gasteiger partial charge in [-0.2, -0.15) is 0 Å². The van der Waals surface area contributed by atoms with E-state index in [2.05, 4.69) is 26.0 Å². The minimum atomic E-state index is -0.741. The molecule has 0 aromatic rings. The first-order valence-electron chi connectivity index (χ1n) is 10.3. The first-order valence-corrected chi connectivity index (χ1v) is 10.3. The number of aliphatic hydroxyl groups excluding tert-OH is 2. The van der Waals surface area contributed by atoms with Gasteiger partial charge in [-0.05, 0) is 38.5 Å². The molecule has 0 bridgehead atoms. The second kappa shape index (κ2) is 19.0. The SMILES string of the molecule is CCCCCCCC/C=C\CCCCC(CCC)OCC(O)CO. The number of hydrogen-bond donors (Lipinski definition) is 2. The smallest absolute Gasteiger partial charge is 0.100 e. The molecule has 0 radical (unpaired) electrons. The summed E-state index contributed by atoms with van der Waals surface area (Å²) in [7, 11) is 0. The lowest BCUT2D eigenvalue weighted by molar-refractivity contribution is -0.0344. The number of allylic oxidation sites excluding steroid dienone is 2. The highest BCUT2D eigenvalue weighted by atomic mass is 16.5. The molecule has 0 aliphatic carbocycles. The van der Waals surface area contributed by atoms with E-state index in [1.54, 1.807) is 0 Å². The summed E-state index contributed by atoms with van der Waals surface area (Å²) >= 11 is 0. The van der Waals surface area contributed by atoms with E-state index in [1.165, 1.54) is 57.8 Å². The molecule has 144 valence electrons. The van der Waals surface area contributed by atoms with Crippen molar-refractivity contribution in [3.63, 3.8) is 0 Å². The highest BCUT2D eigenvalue weighted by Crippen LogP contribution is 2.13. The predicted molar refractivity (Wildman–Crippen MR) is 103 cm³/mol. The van der Waals surface area contributed by atoms with Gasteiger partial charge < -0.3 is 14.9 Å². The average molecular weight is 343 g/mol. The Balaban J connectivity index is 3.51. The van der Waals surface area contributed by atoms with E-state index < -0.39 is 6.10 Å². The summed E-state index contributed by atoms with van der Waals surface area (Å²) in [5.41, 5.74) is 0. The molecular formula is C21H42O3. The van der Waals surface area contributed by atoms with Crippen LogP contribution in [0.4, 0.5) is 0 Å². The number of hydrogen-bond acceptors (Lipinski definition) is 3. The third-order valence-electron chi connectivity index (χ3n) is 4.38. The molecule has 2 N–H and O–H groups in total. The lowest BCUT2D eigenvalue weighted by atomic mass is 10.1. The molecule has 0 aromatic carbocycles. The fourth-order valence-electron chi connectivity index (χ4n) is 2.85. The summed E-state index contributed by atoms with van der Waals surface area (Å²) in [6.45, 7) is 4.45. The zero-order valence-corrected chi connectivity index (χ0v) is 16.2. The van der Waals surface area contributed by atoms with Gasteiger partial charge in [-0.3, -0.25) is 0 Å². The zero-order chi connectivity index (χ0) is 17.9. The Morgan fingerprint density at radius 3 is 2.04 bits per heavy atom. The maximum Gasteiger partial charge on any atom is 0.100 e. The Bertz CT molecular complexity index is 266. The fraction of sp³-hybridized carbons (Fsp3) is 0.905. The minimum absolute atomic E-state index is 0.220. The van der Waals surface area contributed by atoms with Gasteiger partial charge >= 0.3 is 0 Å². The predicted octanol–water partition coefficient (Wildman–Crippen LogP) is 5.39.